The Balaban J connectivity index is 1.40. The number of pyridine rings is 1. The van der Waals surface area contributed by atoms with Crippen LogP contribution in [0, 0.1) is 11.7 Å². The zero-order chi connectivity index (χ0) is 33.2. The first-order chi connectivity index (χ1) is 21.8. The summed E-state index contributed by atoms with van der Waals surface area (Å²) in [6.45, 7) is 18.4. The number of hydrogen-bond donors (Lipinski definition) is 0. The van der Waals surface area contributed by atoms with Gasteiger partial charge in [0, 0.05) is 50.5 Å². The molecule has 4 heterocycles. The monoisotopic (exact) mass is 639 g/mol. The number of rotatable bonds is 7. The quantitative estimate of drug-likeness (QED) is 0.435. The maximum absolute atomic E-state index is 14.5. The Labute approximate surface area is 272 Å². The molecule has 3 aliphatic heterocycles. The second kappa shape index (κ2) is 14.2. The number of hydrogen-bond acceptors (Lipinski definition) is 8. The Morgan fingerprint density at radius 1 is 1.04 bits per heavy atom. The standard InChI is InChI=1S/C35H50FN5O5/c1-23(2)31-22-45-33-30(15-27(16-37-33)14-26-8-10-28(36)11-9-26)41(31)32(42)20-39-17-24(3)40(34(43)46-35(5,6)7)19-29(39)18-38-12-13-44-21-25(38)4/h8-11,15-16,23-25,29,31H,12-14,17-22H2,1-7H3/t24-,25-,29+,31-/m1/s1. The van der Waals surface area contributed by atoms with Gasteiger partial charge in [0.05, 0.1) is 25.8 Å². The van der Waals surface area contributed by atoms with Crippen molar-refractivity contribution < 1.29 is 28.2 Å². The number of morpholine rings is 1. The van der Waals surface area contributed by atoms with Gasteiger partial charge in [-0.2, -0.15) is 0 Å². The summed E-state index contributed by atoms with van der Waals surface area (Å²) in [5.74, 6) is 0.280. The van der Waals surface area contributed by atoms with Crippen LogP contribution in [0.4, 0.5) is 14.9 Å². The molecule has 0 N–H and O–H groups in total. The number of carbonyl (C=O) groups is 2. The molecule has 10 nitrogen and oxygen atoms in total. The average Bonchev–Trinajstić information content (AvgIpc) is 2.99. The number of ether oxygens (including phenoxy) is 3. The van der Waals surface area contributed by atoms with E-state index in [0.29, 0.717) is 57.4 Å². The maximum atomic E-state index is 14.5. The second-order valence-electron chi connectivity index (χ2n) is 14.3. The lowest BCUT2D eigenvalue weighted by Crippen LogP contribution is -2.65. The molecule has 2 saturated heterocycles. The summed E-state index contributed by atoms with van der Waals surface area (Å²) >= 11 is 0. The summed E-state index contributed by atoms with van der Waals surface area (Å²) in [5.41, 5.74) is 1.93. The van der Waals surface area contributed by atoms with Crippen molar-refractivity contribution in [1.29, 1.82) is 0 Å². The third-order valence-corrected chi connectivity index (χ3v) is 9.10. The van der Waals surface area contributed by atoms with E-state index in [1.807, 2.05) is 43.6 Å². The van der Waals surface area contributed by atoms with Gasteiger partial charge in [0.2, 0.25) is 11.8 Å². The number of aromatic nitrogens is 1. The van der Waals surface area contributed by atoms with E-state index in [4.69, 9.17) is 14.2 Å². The van der Waals surface area contributed by atoms with Crippen LogP contribution in [0.1, 0.15) is 59.6 Å². The third-order valence-electron chi connectivity index (χ3n) is 9.10. The number of nitrogens with zero attached hydrogens (tertiary/aromatic N) is 5. The highest BCUT2D eigenvalue weighted by Crippen LogP contribution is 2.36. The number of piperazine rings is 1. The van der Waals surface area contributed by atoms with Gasteiger partial charge in [0.15, 0.2) is 0 Å². The van der Waals surface area contributed by atoms with Gasteiger partial charge in [-0.05, 0) is 76.3 Å². The van der Waals surface area contributed by atoms with Crippen molar-refractivity contribution in [2.75, 3.05) is 57.4 Å². The fraction of sp³-hybridized carbons (Fsp3) is 0.629. The van der Waals surface area contributed by atoms with Crippen LogP contribution in [-0.2, 0) is 20.7 Å². The Morgan fingerprint density at radius 2 is 1.78 bits per heavy atom. The molecule has 46 heavy (non-hydrogen) atoms. The second-order valence-corrected chi connectivity index (χ2v) is 14.3. The molecule has 0 saturated carbocycles. The molecule has 252 valence electrons. The highest BCUT2D eigenvalue weighted by molar-refractivity contribution is 5.97. The van der Waals surface area contributed by atoms with Crippen LogP contribution in [0.2, 0.25) is 0 Å². The largest absolute Gasteiger partial charge is 0.474 e. The molecule has 4 atom stereocenters. The molecule has 0 radical (unpaired) electrons. The maximum Gasteiger partial charge on any atom is 0.410 e. The summed E-state index contributed by atoms with van der Waals surface area (Å²) in [6, 6.07) is 8.27. The van der Waals surface area contributed by atoms with Gasteiger partial charge >= 0.3 is 6.09 Å². The molecule has 5 rings (SSSR count). The van der Waals surface area contributed by atoms with Gasteiger partial charge in [0.25, 0.3) is 0 Å². The molecule has 0 spiro atoms. The predicted octanol–water partition coefficient (Wildman–Crippen LogP) is 4.59. The topological polar surface area (TPSA) is 87.7 Å². The molecule has 0 aliphatic carbocycles. The first-order valence-corrected chi connectivity index (χ1v) is 16.5. The minimum Gasteiger partial charge on any atom is -0.474 e. The van der Waals surface area contributed by atoms with E-state index in [9.17, 15) is 14.0 Å². The van der Waals surface area contributed by atoms with Crippen LogP contribution in [0.25, 0.3) is 0 Å². The van der Waals surface area contributed by atoms with Crippen molar-refractivity contribution in [1.82, 2.24) is 19.7 Å². The van der Waals surface area contributed by atoms with Gasteiger partial charge in [-0.3, -0.25) is 19.5 Å². The van der Waals surface area contributed by atoms with E-state index in [2.05, 4.69) is 35.6 Å². The van der Waals surface area contributed by atoms with E-state index in [-0.39, 0.29) is 54.4 Å². The van der Waals surface area contributed by atoms with Gasteiger partial charge in [0.1, 0.15) is 23.7 Å². The van der Waals surface area contributed by atoms with Gasteiger partial charge in [-0.25, -0.2) is 14.2 Å². The number of anilines is 1. The summed E-state index contributed by atoms with van der Waals surface area (Å²) < 4.78 is 31.1. The first-order valence-electron chi connectivity index (χ1n) is 16.5. The lowest BCUT2D eigenvalue weighted by Gasteiger charge is -2.48. The van der Waals surface area contributed by atoms with Crippen molar-refractivity contribution in [2.45, 2.75) is 84.7 Å². The molecular weight excluding hydrogens is 589 g/mol. The number of carbonyl (C=O) groups excluding carboxylic acids is 2. The molecule has 3 aliphatic rings. The molecule has 1 aromatic heterocycles. The van der Waals surface area contributed by atoms with Crippen molar-refractivity contribution in [3.8, 4) is 5.88 Å². The zero-order valence-corrected chi connectivity index (χ0v) is 28.4. The highest BCUT2D eigenvalue weighted by atomic mass is 19.1. The normalized spacial score (nSPS) is 24.5. The number of fused-ring (bicyclic) bond motifs is 1. The summed E-state index contributed by atoms with van der Waals surface area (Å²) in [7, 11) is 0. The average molecular weight is 640 g/mol. The fourth-order valence-electron chi connectivity index (χ4n) is 6.53. The van der Waals surface area contributed by atoms with E-state index in [1.165, 1.54) is 12.1 Å². The van der Waals surface area contributed by atoms with Crippen molar-refractivity contribution in [2.24, 2.45) is 5.92 Å². The fourth-order valence-corrected chi connectivity index (χ4v) is 6.53. The Morgan fingerprint density at radius 3 is 2.46 bits per heavy atom. The van der Waals surface area contributed by atoms with Gasteiger partial charge in [-0.1, -0.05) is 26.0 Å². The lowest BCUT2D eigenvalue weighted by molar-refractivity contribution is -0.123. The van der Waals surface area contributed by atoms with E-state index < -0.39 is 5.60 Å². The van der Waals surface area contributed by atoms with Crippen LogP contribution in [0.5, 0.6) is 5.88 Å². The SMILES string of the molecule is CC(C)[C@H]1COc2ncc(Cc3ccc(F)cc3)cc2N1C(=O)CN1C[C@@H](C)N(C(=O)OC(C)(C)C)C[C@@H]1CN1CCOC[C@H]1C. The molecule has 0 bridgehead atoms. The first kappa shape index (κ1) is 34.1. The van der Waals surface area contributed by atoms with Gasteiger partial charge < -0.3 is 19.1 Å². The van der Waals surface area contributed by atoms with Crippen LogP contribution in [0.15, 0.2) is 36.5 Å². The summed E-state index contributed by atoms with van der Waals surface area (Å²) in [6.07, 6.45) is 1.99. The van der Waals surface area contributed by atoms with Crippen LogP contribution >= 0.6 is 0 Å². The van der Waals surface area contributed by atoms with Crippen molar-refractivity contribution in [3.05, 3.63) is 53.5 Å². The van der Waals surface area contributed by atoms with Crippen LogP contribution in [-0.4, -0.2) is 114 Å². The molecule has 1 aromatic carbocycles. The molecule has 2 fully saturated rings. The molecular formula is C35H50FN5O5. The van der Waals surface area contributed by atoms with E-state index in [1.54, 1.807) is 18.3 Å². The Kier molecular flexibility index (Phi) is 10.5. The number of benzene rings is 1. The zero-order valence-electron chi connectivity index (χ0n) is 28.4. The Hall–Kier alpha value is -3.28. The van der Waals surface area contributed by atoms with E-state index in [0.717, 1.165) is 17.7 Å². The minimum absolute atomic E-state index is 0.0260. The van der Waals surface area contributed by atoms with Crippen LogP contribution < -0.4 is 9.64 Å². The molecule has 11 heteroatoms. The van der Waals surface area contributed by atoms with E-state index >= 15 is 0 Å². The van der Waals surface area contributed by atoms with Gasteiger partial charge in [-0.15, -0.1) is 0 Å². The van der Waals surface area contributed by atoms with Crippen molar-refractivity contribution >= 4 is 17.7 Å². The molecule has 2 amide bonds. The molecule has 2 aromatic rings. The highest BCUT2D eigenvalue weighted by Gasteiger charge is 2.41. The number of halogens is 1. The minimum atomic E-state index is -0.600. The summed E-state index contributed by atoms with van der Waals surface area (Å²) in [4.78, 5) is 40.7. The Bertz CT molecular complexity index is 1370. The predicted molar refractivity (Wildman–Crippen MR) is 175 cm³/mol. The lowest BCUT2D eigenvalue weighted by atomic mass is 9.99. The summed E-state index contributed by atoms with van der Waals surface area (Å²) in [5, 5.41) is 0. The van der Waals surface area contributed by atoms with Crippen molar-refractivity contribution in [3.63, 3.8) is 0 Å². The smallest absolute Gasteiger partial charge is 0.410 e. The number of amides is 2. The third kappa shape index (κ3) is 8.16. The molecule has 0 unspecified atom stereocenters. The van der Waals surface area contributed by atoms with Crippen LogP contribution in [0.3, 0.4) is 0 Å².